The van der Waals surface area contributed by atoms with Gasteiger partial charge in [-0.1, -0.05) is 52.8 Å². The number of benzene rings is 1. The molecule has 0 spiro atoms. The molecule has 3 aromatic rings. The van der Waals surface area contributed by atoms with Crippen LogP contribution in [0.5, 0.6) is 5.75 Å². The number of halogens is 1. The predicted molar refractivity (Wildman–Crippen MR) is 125 cm³/mol. The number of aromatic nitrogens is 1. The number of hydrogen-bond acceptors (Lipinski definition) is 4. The largest absolute Gasteiger partial charge is 0.457 e. The molecule has 6 heteroatoms. The SMILES string of the molecule is C=CC(=O)c1cn2c(cc1=O)-c1oc3c(OC(C)F)cccc3c1CC2.CC.CCC.[HH]. The summed E-state index contributed by atoms with van der Waals surface area (Å²) in [6, 6.07) is 6.71. The highest BCUT2D eigenvalue weighted by atomic mass is 19.1. The van der Waals surface area contributed by atoms with E-state index < -0.39 is 12.1 Å². The van der Waals surface area contributed by atoms with Gasteiger partial charge in [-0.15, -0.1) is 0 Å². The van der Waals surface area contributed by atoms with Gasteiger partial charge in [-0.25, -0.2) is 4.39 Å². The average molecular weight is 430 g/mol. The summed E-state index contributed by atoms with van der Waals surface area (Å²) in [5.41, 5.74) is 1.68. The predicted octanol–water partition coefficient (Wildman–Crippen LogP) is 6.57. The molecule has 1 unspecified atom stereocenters. The number of pyridine rings is 1. The molecular weight excluding hydrogens is 397 g/mol. The molecule has 1 aliphatic rings. The lowest BCUT2D eigenvalue weighted by Crippen LogP contribution is -2.20. The van der Waals surface area contributed by atoms with Crippen molar-refractivity contribution in [2.75, 3.05) is 0 Å². The number of ketones is 1. The molecule has 0 fully saturated rings. The van der Waals surface area contributed by atoms with Crippen molar-refractivity contribution in [2.45, 2.75) is 60.4 Å². The topological polar surface area (TPSA) is 61.4 Å². The molecule has 0 radical (unpaired) electrons. The second-order valence-electron chi connectivity index (χ2n) is 6.86. The van der Waals surface area contributed by atoms with Crippen LogP contribution in [0.1, 0.15) is 58.4 Å². The first-order valence-electron chi connectivity index (χ1n) is 10.7. The first kappa shape index (κ1) is 24.1. The van der Waals surface area contributed by atoms with Gasteiger partial charge in [0.2, 0.25) is 6.36 Å². The number of fused-ring (bicyclic) bond motifs is 5. The van der Waals surface area contributed by atoms with E-state index in [0.29, 0.717) is 35.8 Å². The fraction of sp³-hybridized carbons (Fsp3) is 0.360. The highest BCUT2D eigenvalue weighted by molar-refractivity contribution is 6.04. The van der Waals surface area contributed by atoms with Gasteiger partial charge in [-0.05, 0) is 18.6 Å². The quantitative estimate of drug-likeness (QED) is 0.348. The lowest BCUT2D eigenvalue weighted by molar-refractivity contribution is 0.0865. The van der Waals surface area contributed by atoms with Crippen molar-refractivity contribution in [3.05, 3.63) is 64.5 Å². The minimum absolute atomic E-state index is 0. The van der Waals surface area contributed by atoms with Gasteiger partial charge in [0, 0.05) is 38.1 Å². The minimum atomic E-state index is -1.47. The van der Waals surface area contributed by atoms with Crippen LogP contribution in [0.3, 0.4) is 0 Å². The van der Waals surface area contributed by atoms with Crippen LogP contribution in [0.2, 0.25) is 0 Å². The number of rotatable bonds is 4. The van der Waals surface area contributed by atoms with Crippen LogP contribution in [-0.2, 0) is 13.0 Å². The summed E-state index contributed by atoms with van der Waals surface area (Å²) < 4.78 is 26.3. The number of carbonyl (C=O) groups excluding carboxylic acids is 1. The highest BCUT2D eigenvalue weighted by Crippen LogP contribution is 2.40. The summed E-state index contributed by atoms with van der Waals surface area (Å²) in [6.45, 7) is 13.6. The number of carbonyl (C=O) groups is 1. The van der Waals surface area contributed by atoms with E-state index >= 15 is 0 Å². The summed E-state index contributed by atoms with van der Waals surface area (Å²) in [5.74, 6) is 0.455. The zero-order chi connectivity index (χ0) is 23.1. The van der Waals surface area contributed by atoms with Gasteiger partial charge in [-0.3, -0.25) is 9.59 Å². The third kappa shape index (κ3) is 4.95. The van der Waals surface area contributed by atoms with Crippen molar-refractivity contribution < 1.29 is 19.8 Å². The lowest BCUT2D eigenvalue weighted by Gasteiger charge is -2.18. The highest BCUT2D eigenvalue weighted by Gasteiger charge is 2.26. The van der Waals surface area contributed by atoms with Gasteiger partial charge in [0.1, 0.15) is 0 Å². The molecule has 3 heterocycles. The molecule has 31 heavy (non-hydrogen) atoms. The molecule has 1 aromatic carbocycles. The maximum atomic E-state index is 13.3. The number of ether oxygens (including phenoxy) is 1. The average Bonchev–Trinajstić information content (AvgIpc) is 3.15. The van der Waals surface area contributed by atoms with Crippen molar-refractivity contribution >= 4 is 16.8 Å². The van der Waals surface area contributed by atoms with Crippen LogP contribution in [0.4, 0.5) is 4.39 Å². The molecule has 4 rings (SSSR count). The first-order chi connectivity index (χ1) is 14.9. The van der Waals surface area contributed by atoms with Crippen LogP contribution < -0.4 is 10.2 Å². The van der Waals surface area contributed by atoms with Gasteiger partial charge < -0.3 is 13.7 Å². The molecule has 168 valence electrons. The van der Waals surface area contributed by atoms with Crippen molar-refractivity contribution in [2.24, 2.45) is 0 Å². The standard InChI is InChI=1S/C20H16FNO4.C3H8.C2H6.H2/c1-3-16(23)14-10-22-8-7-13-12-5-4-6-18(25-11(2)21)20(12)26-19(13)15(22)9-17(14)24;1-3-2;1-2;/h3-6,9-11H,1,7-8H2,2H3;3H2,1-2H3;1-2H3;1H. The Bertz CT molecular complexity index is 1130. The first-order valence-corrected chi connectivity index (χ1v) is 10.7. The van der Waals surface area contributed by atoms with Crippen LogP contribution in [0, 0.1) is 0 Å². The maximum absolute atomic E-state index is 13.3. The molecule has 0 amide bonds. The molecule has 0 saturated carbocycles. The fourth-order valence-electron chi connectivity index (χ4n) is 3.35. The van der Waals surface area contributed by atoms with Crippen molar-refractivity contribution in [3.63, 3.8) is 0 Å². The Balaban J connectivity index is 0.000000790. The molecule has 2 aromatic heterocycles. The molecule has 0 bridgehead atoms. The smallest absolute Gasteiger partial charge is 0.236 e. The van der Waals surface area contributed by atoms with Crippen LogP contribution in [0.25, 0.3) is 22.4 Å². The van der Waals surface area contributed by atoms with E-state index in [1.165, 1.54) is 19.4 Å². The Labute approximate surface area is 183 Å². The number of alkyl halides is 1. The minimum Gasteiger partial charge on any atom is -0.457 e. The number of allylic oxidation sites excluding steroid dienone is 1. The fourth-order valence-corrected chi connectivity index (χ4v) is 3.35. The molecular formula is C25H32FNO4. The van der Waals surface area contributed by atoms with E-state index in [1.54, 1.807) is 18.3 Å². The summed E-state index contributed by atoms with van der Waals surface area (Å²) >= 11 is 0. The molecule has 0 saturated heterocycles. The number of hydrogen-bond donors (Lipinski definition) is 0. The second-order valence-corrected chi connectivity index (χ2v) is 6.86. The Kier molecular flexibility index (Phi) is 8.37. The third-order valence-corrected chi connectivity index (χ3v) is 4.49. The molecule has 1 atom stereocenters. The van der Waals surface area contributed by atoms with Crippen LogP contribution in [0.15, 0.2) is 52.3 Å². The van der Waals surface area contributed by atoms with E-state index in [0.717, 1.165) is 17.0 Å². The Morgan fingerprint density at radius 3 is 2.68 bits per heavy atom. The summed E-state index contributed by atoms with van der Waals surface area (Å²) in [6.07, 6.45) is 3.11. The van der Waals surface area contributed by atoms with Crippen LogP contribution >= 0.6 is 0 Å². The summed E-state index contributed by atoms with van der Waals surface area (Å²) in [4.78, 5) is 24.2. The van der Waals surface area contributed by atoms with E-state index in [4.69, 9.17) is 9.15 Å². The molecule has 1 aliphatic heterocycles. The Morgan fingerprint density at radius 2 is 2.06 bits per heavy atom. The number of para-hydroxylation sites is 1. The van der Waals surface area contributed by atoms with Gasteiger partial charge in [0.25, 0.3) is 0 Å². The normalized spacial score (nSPS) is 12.3. The van der Waals surface area contributed by atoms with E-state index in [2.05, 4.69) is 20.4 Å². The van der Waals surface area contributed by atoms with Gasteiger partial charge in [-0.2, -0.15) is 0 Å². The van der Waals surface area contributed by atoms with Gasteiger partial charge in [0.15, 0.2) is 28.3 Å². The Morgan fingerprint density at radius 1 is 1.39 bits per heavy atom. The monoisotopic (exact) mass is 429 g/mol. The molecule has 5 nitrogen and oxygen atoms in total. The maximum Gasteiger partial charge on any atom is 0.236 e. The van der Waals surface area contributed by atoms with Crippen molar-refractivity contribution in [1.29, 1.82) is 0 Å². The molecule has 0 aliphatic carbocycles. The van der Waals surface area contributed by atoms with E-state index in [-0.39, 0.29) is 12.4 Å². The number of aryl methyl sites for hydroxylation is 2. The lowest BCUT2D eigenvalue weighted by atomic mass is 10.0. The van der Waals surface area contributed by atoms with Crippen LogP contribution in [-0.4, -0.2) is 16.7 Å². The number of nitrogens with zero attached hydrogens (tertiary/aromatic N) is 1. The zero-order valence-corrected chi connectivity index (χ0v) is 18.8. The van der Waals surface area contributed by atoms with Gasteiger partial charge in [0.05, 0.1) is 11.3 Å². The number of furan rings is 1. The van der Waals surface area contributed by atoms with Crippen molar-refractivity contribution in [1.82, 2.24) is 4.57 Å². The second kappa shape index (κ2) is 10.8. The van der Waals surface area contributed by atoms with E-state index in [1.807, 2.05) is 24.5 Å². The Hall–Kier alpha value is -3.15. The third-order valence-electron chi connectivity index (χ3n) is 4.49. The van der Waals surface area contributed by atoms with E-state index in [9.17, 15) is 14.0 Å². The summed E-state index contributed by atoms with van der Waals surface area (Å²) in [7, 11) is 0. The van der Waals surface area contributed by atoms with Gasteiger partial charge >= 0.3 is 0 Å². The summed E-state index contributed by atoms with van der Waals surface area (Å²) in [5, 5.41) is 0.836. The zero-order valence-electron chi connectivity index (χ0n) is 18.8. The molecule has 0 N–H and O–H groups in total. The van der Waals surface area contributed by atoms with Crippen molar-refractivity contribution in [3.8, 4) is 17.2 Å².